The molecule has 1 atom stereocenters. The number of fused-ring (bicyclic) bond motifs is 1. The Labute approximate surface area is 163 Å². The molecule has 1 heterocycles. The van der Waals surface area contributed by atoms with Gasteiger partial charge in [-0.2, -0.15) is 0 Å². The van der Waals surface area contributed by atoms with Crippen molar-refractivity contribution in [3.05, 3.63) is 70.3 Å². The molecule has 1 aliphatic heterocycles. The van der Waals surface area contributed by atoms with Crippen LogP contribution in [0.5, 0.6) is 5.75 Å². The van der Waals surface area contributed by atoms with Gasteiger partial charge in [-0.25, -0.2) is 4.79 Å². The van der Waals surface area contributed by atoms with Crippen LogP contribution in [0.4, 0.5) is 16.2 Å². The molecule has 0 radical (unpaired) electrons. The van der Waals surface area contributed by atoms with Crippen LogP contribution in [0.3, 0.4) is 0 Å². The first-order chi connectivity index (χ1) is 13.6. The summed E-state index contributed by atoms with van der Waals surface area (Å²) in [6.07, 6.45) is 5.44. The van der Waals surface area contributed by atoms with Gasteiger partial charge in [-0.1, -0.05) is 43.5 Å². The smallest absolute Gasteiger partial charge is 0.410 e. The first kappa shape index (κ1) is 19.2. The summed E-state index contributed by atoms with van der Waals surface area (Å²) in [7, 11) is 0. The third-order valence-electron chi connectivity index (χ3n) is 4.29. The van der Waals surface area contributed by atoms with E-state index in [2.05, 4.69) is 18.8 Å². The highest BCUT2D eigenvalue weighted by molar-refractivity contribution is 5.97. The molecule has 0 aromatic heterocycles. The normalized spacial score (nSPS) is 14.6. The van der Waals surface area contributed by atoms with Crippen molar-refractivity contribution in [2.45, 2.75) is 32.2 Å². The van der Waals surface area contributed by atoms with Gasteiger partial charge < -0.3 is 4.74 Å². The van der Waals surface area contributed by atoms with Crippen LogP contribution in [-0.4, -0.2) is 17.1 Å². The maximum absolute atomic E-state index is 12.9. The number of carbonyl (C=O) groups excluding carboxylic acids is 1. The van der Waals surface area contributed by atoms with Gasteiger partial charge in [-0.15, -0.1) is 5.92 Å². The number of para-hydroxylation sites is 1. The number of rotatable bonds is 4. The number of carbonyl (C=O) groups is 1. The molecule has 2 aromatic rings. The number of hydrogen-bond donors (Lipinski definition) is 0. The summed E-state index contributed by atoms with van der Waals surface area (Å²) in [5.41, 5.74) is 0.709. The van der Waals surface area contributed by atoms with Gasteiger partial charge in [0.15, 0.2) is 0 Å². The van der Waals surface area contributed by atoms with Gasteiger partial charge in [0.05, 0.1) is 16.2 Å². The zero-order chi connectivity index (χ0) is 19.9. The Hall–Kier alpha value is -3.59. The first-order valence-electron chi connectivity index (χ1n) is 9.12. The Bertz CT molecular complexity index is 957. The SMILES string of the molecule is CCCCC#CC1C=Cc2c(cccc2[N+](=O)[O-])N1C(=O)Oc1ccccc1. The van der Waals surface area contributed by atoms with Crippen LogP contribution in [0.1, 0.15) is 31.7 Å². The monoisotopic (exact) mass is 376 g/mol. The van der Waals surface area contributed by atoms with Gasteiger partial charge in [0.25, 0.3) is 5.69 Å². The summed E-state index contributed by atoms with van der Waals surface area (Å²) < 4.78 is 5.48. The number of anilines is 1. The summed E-state index contributed by atoms with van der Waals surface area (Å²) in [5, 5.41) is 11.4. The molecule has 1 aliphatic rings. The van der Waals surface area contributed by atoms with E-state index in [1.807, 2.05) is 6.07 Å². The number of unbranched alkanes of at least 4 members (excludes halogenated alkanes) is 2. The summed E-state index contributed by atoms with van der Waals surface area (Å²) in [5.74, 6) is 6.56. The Morgan fingerprint density at radius 2 is 2.00 bits per heavy atom. The number of nitrogens with zero attached hydrogens (tertiary/aromatic N) is 2. The van der Waals surface area contributed by atoms with Crippen molar-refractivity contribution in [1.82, 2.24) is 0 Å². The lowest BCUT2D eigenvalue weighted by atomic mass is 10.0. The molecule has 2 aromatic carbocycles. The van der Waals surface area contributed by atoms with E-state index in [-0.39, 0.29) is 5.69 Å². The van der Waals surface area contributed by atoms with E-state index in [1.165, 1.54) is 11.0 Å². The zero-order valence-corrected chi connectivity index (χ0v) is 15.5. The van der Waals surface area contributed by atoms with Crippen molar-refractivity contribution >= 4 is 23.5 Å². The fourth-order valence-corrected chi connectivity index (χ4v) is 2.91. The van der Waals surface area contributed by atoms with Crippen LogP contribution in [0, 0.1) is 22.0 Å². The number of benzene rings is 2. The van der Waals surface area contributed by atoms with Gasteiger partial charge in [0, 0.05) is 12.5 Å². The molecule has 142 valence electrons. The lowest BCUT2D eigenvalue weighted by Crippen LogP contribution is -2.42. The van der Waals surface area contributed by atoms with Crippen molar-refractivity contribution in [2.75, 3.05) is 4.90 Å². The summed E-state index contributed by atoms with van der Waals surface area (Å²) in [4.78, 5) is 25.2. The predicted molar refractivity (Wildman–Crippen MR) is 108 cm³/mol. The molecule has 0 spiro atoms. The van der Waals surface area contributed by atoms with Crippen molar-refractivity contribution in [3.63, 3.8) is 0 Å². The Morgan fingerprint density at radius 3 is 2.71 bits per heavy atom. The predicted octanol–water partition coefficient (Wildman–Crippen LogP) is 5.19. The fourth-order valence-electron chi connectivity index (χ4n) is 2.91. The summed E-state index contributed by atoms with van der Waals surface area (Å²) in [6, 6.07) is 12.8. The van der Waals surface area contributed by atoms with E-state index in [0.717, 1.165) is 19.3 Å². The maximum atomic E-state index is 12.9. The molecule has 28 heavy (non-hydrogen) atoms. The second-order valence-corrected chi connectivity index (χ2v) is 6.25. The quantitative estimate of drug-likeness (QED) is 0.319. The standard InChI is InChI=1S/C22H20N2O4/c1-2-3-4-6-10-17-15-16-19-20(13-9-14-21(19)24(26)27)23(17)22(25)28-18-11-7-5-8-12-18/h5,7-9,11-17H,2-4H2,1H3. The molecule has 0 N–H and O–H groups in total. The second kappa shape index (κ2) is 8.87. The number of amides is 1. The lowest BCUT2D eigenvalue weighted by molar-refractivity contribution is -0.385. The number of nitro benzene ring substituents is 1. The zero-order valence-electron chi connectivity index (χ0n) is 15.5. The van der Waals surface area contributed by atoms with Gasteiger partial charge in [0.2, 0.25) is 0 Å². The van der Waals surface area contributed by atoms with E-state index in [9.17, 15) is 14.9 Å². The van der Waals surface area contributed by atoms with E-state index in [1.54, 1.807) is 48.6 Å². The Kier molecular flexibility index (Phi) is 6.07. The highest BCUT2D eigenvalue weighted by Crippen LogP contribution is 2.35. The number of nitro groups is 1. The van der Waals surface area contributed by atoms with Crippen molar-refractivity contribution < 1.29 is 14.5 Å². The summed E-state index contributed by atoms with van der Waals surface area (Å²) in [6.45, 7) is 2.08. The first-order valence-corrected chi connectivity index (χ1v) is 9.12. The van der Waals surface area contributed by atoms with Gasteiger partial charge >= 0.3 is 6.09 Å². The van der Waals surface area contributed by atoms with Crippen LogP contribution < -0.4 is 9.64 Å². The topological polar surface area (TPSA) is 72.7 Å². The Morgan fingerprint density at radius 1 is 1.21 bits per heavy atom. The van der Waals surface area contributed by atoms with Crippen LogP contribution in [0.15, 0.2) is 54.6 Å². The number of hydrogen-bond acceptors (Lipinski definition) is 4. The average Bonchev–Trinajstić information content (AvgIpc) is 2.70. The largest absolute Gasteiger partial charge is 0.421 e. The van der Waals surface area contributed by atoms with Gasteiger partial charge in [-0.05, 0) is 36.8 Å². The average molecular weight is 376 g/mol. The van der Waals surface area contributed by atoms with Crippen LogP contribution in [0.2, 0.25) is 0 Å². The lowest BCUT2D eigenvalue weighted by Gasteiger charge is -2.29. The molecule has 0 saturated carbocycles. The van der Waals surface area contributed by atoms with Crippen LogP contribution >= 0.6 is 0 Å². The molecule has 0 bridgehead atoms. The maximum Gasteiger partial charge on any atom is 0.421 e. The van der Waals surface area contributed by atoms with Crippen molar-refractivity contribution in [1.29, 1.82) is 0 Å². The molecule has 3 rings (SSSR count). The minimum Gasteiger partial charge on any atom is -0.410 e. The van der Waals surface area contributed by atoms with Crippen molar-refractivity contribution in [3.8, 4) is 17.6 Å². The van der Waals surface area contributed by atoms with Crippen LogP contribution in [0.25, 0.3) is 6.08 Å². The highest BCUT2D eigenvalue weighted by atomic mass is 16.6. The minimum atomic E-state index is -0.632. The van der Waals surface area contributed by atoms with E-state index >= 15 is 0 Å². The van der Waals surface area contributed by atoms with Gasteiger partial charge in [0.1, 0.15) is 11.8 Å². The third-order valence-corrected chi connectivity index (χ3v) is 4.29. The van der Waals surface area contributed by atoms with Gasteiger partial charge in [-0.3, -0.25) is 15.0 Å². The molecule has 1 unspecified atom stereocenters. The third kappa shape index (κ3) is 4.21. The van der Waals surface area contributed by atoms with E-state index in [0.29, 0.717) is 17.0 Å². The Balaban J connectivity index is 1.98. The highest BCUT2D eigenvalue weighted by Gasteiger charge is 2.32. The minimum absolute atomic E-state index is 0.0661. The fraction of sp³-hybridized carbons (Fsp3) is 0.227. The van der Waals surface area contributed by atoms with E-state index < -0.39 is 17.1 Å². The molecule has 0 saturated heterocycles. The molecule has 6 nitrogen and oxygen atoms in total. The van der Waals surface area contributed by atoms with Crippen LogP contribution in [-0.2, 0) is 0 Å². The van der Waals surface area contributed by atoms with Crippen molar-refractivity contribution in [2.24, 2.45) is 0 Å². The molecule has 0 fully saturated rings. The number of ether oxygens (including phenoxy) is 1. The second-order valence-electron chi connectivity index (χ2n) is 6.25. The molecule has 0 aliphatic carbocycles. The molecular formula is C22H20N2O4. The van der Waals surface area contributed by atoms with E-state index in [4.69, 9.17) is 4.74 Å². The molecule has 1 amide bonds. The summed E-state index contributed by atoms with van der Waals surface area (Å²) >= 11 is 0. The molecule has 6 heteroatoms. The molecular weight excluding hydrogens is 356 g/mol.